The molecule has 0 fully saturated rings. The third kappa shape index (κ3) is 3.22. The normalized spacial score (nSPS) is 11.2. The van der Waals surface area contributed by atoms with Gasteiger partial charge in [0.15, 0.2) is 0 Å². The van der Waals surface area contributed by atoms with Gasteiger partial charge in [-0.1, -0.05) is 29.8 Å². The Labute approximate surface area is 137 Å². The smallest absolute Gasteiger partial charge is 0.124 e. The lowest BCUT2D eigenvalue weighted by Crippen LogP contribution is -1.85. The standard InChI is InChI=1S/C17H10ClN3S/c18-14-6-4-12(5-7-14)17-21-16(11-22-17)13(10-19)9-15-3-1-2-8-20-15/h1-9,11H/b13-9-. The summed E-state index contributed by atoms with van der Waals surface area (Å²) in [6.45, 7) is 0. The highest BCUT2D eigenvalue weighted by molar-refractivity contribution is 7.13. The van der Waals surface area contributed by atoms with Crippen LogP contribution in [-0.4, -0.2) is 9.97 Å². The van der Waals surface area contributed by atoms with Gasteiger partial charge in [0.25, 0.3) is 0 Å². The zero-order valence-electron chi connectivity index (χ0n) is 11.4. The number of aromatic nitrogens is 2. The van der Waals surface area contributed by atoms with Crippen LogP contribution in [0.2, 0.25) is 5.02 Å². The van der Waals surface area contributed by atoms with Crippen molar-refractivity contribution in [2.24, 2.45) is 0 Å². The fraction of sp³-hybridized carbons (Fsp3) is 0. The van der Waals surface area contributed by atoms with Crippen LogP contribution in [0, 0.1) is 11.3 Å². The van der Waals surface area contributed by atoms with Gasteiger partial charge in [-0.15, -0.1) is 11.3 Å². The van der Waals surface area contributed by atoms with Gasteiger partial charge in [0, 0.05) is 22.2 Å². The van der Waals surface area contributed by atoms with E-state index in [4.69, 9.17) is 11.6 Å². The van der Waals surface area contributed by atoms with Gasteiger partial charge in [0.05, 0.1) is 17.0 Å². The first-order valence-electron chi connectivity index (χ1n) is 6.51. The SMILES string of the molecule is N#C/C(=C/c1ccccn1)c1csc(-c2ccc(Cl)cc2)n1. The molecule has 0 aliphatic carbocycles. The number of allylic oxidation sites excluding steroid dienone is 1. The second-order valence-corrected chi connectivity index (χ2v) is 5.76. The van der Waals surface area contributed by atoms with E-state index in [1.54, 1.807) is 12.3 Å². The second-order valence-electron chi connectivity index (χ2n) is 4.47. The molecular weight excluding hydrogens is 314 g/mol. The number of hydrogen-bond acceptors (Lipinski definition) is 4. The van der Waals surface area contributed by atoms with Gasteiger partial charge < -0.3 is 0 Å². The van der Waals surface area contributed by atoms with E-state index in [0.717, 1.165) is 16.3 Å². The van der Waals surface area contributed by atoms with Crippen molar-refractivity contribution in [1.29, 1.82) is 5.26 Å². The first kappa shape index (κ1) is 14.5. The molecule has 0 spiro atoms. The van der Waals surface area contributed by atoms with Crippen molar-refractivity contribution in [3.05, 3.63) is 70.5 Å². The fourth-order valence-electron chi connectivity index (χ4n) is 1.90. The Morgan fingerprint density at radius 2 is 2.00 bits per heavy atom. The molecule has 106 valence electrons. The predicted octanol–water partition coefficient (Wildman–Crippen LogP) is 4.92. The highest BCUT2D eigenvalue weighted by Crippen LogP contribution is 2.28. The summed E-state index contributed by atoms with van der Waals surface area (Å²) in [5.74, 6) is 0. The van der Waals surface area contributed by atoms with Gasteiger partial charge in [-0.05, 0) is 30.3 Å². The third-order valence-corrected chi connectivity index (χ3v) is 4.12. The fourth-order valence-corrected chi connectivity index (χ4v) is 2.85. The number of hydrogen-bond donors (Lipinski definition) is 0. The Kier molecular flexibility index (Phi) is 4.29. The van der Waals surface area contributed by atoms with E-state index in [0.29, 0.717) is 16.3 Å². The lowest BCUT2D eigenvalue weighted by atomic mass is 10.2. The van der Waals surface area contributed by atoms with Gasteiger partial charge in [0.1, 0.15) is 11.1 Å². The van der Waals surface area contributed by atoms with Crippen molar-refractivity contribution < 1.29 is 0 Å². The minimum absolute atomic E-state index is 0.496. The molecule has 0 radical (unpaired) electrons. The summed E-state index contributed by atoms with van der Waals surface area (Å²) in [5.41, 5.74) is 2.87. The van der Waals surface area contributed by atoms with Crippen LogP contribution in [0.5, 0.6) is 0 Å². The monoisotopic (exact) mass is 323 g/mol. The molecule has 0 aliphatic rings. The predicted molar refractivity (Wildman–Crippen MR) is 90.3 cm³/mol. The lowest BCUT2D eigenvalue weighted by Gasteiger charge is -1.96. The first-order valence-corrected chi connectivity index (χ1v) is 7.77. The Balaban J connectivity index is 1.94. The van der Waals surface area contributed by atoms with Crippen molar-refractivity contribution in [2.45, 2.75) is 0 Å². The van der Waals surface area contributed by atoms with Crippen molar-refractivity contribution in [1.82, 2.24) is 9.97 Å². The minimum Gasteiger partial charge on any atom is -0.257 e. The molecule has 3 aromatic rings. The van der Waals surface area contributed by atoms with Crippen molar-refractivity contribution in [2.75, 3.05) is 0 Å². The maximum absolute atomic E-state index is 9.36. The topological polar surface area (TPSA) is 49.6 Å². The molecule has 3 nitrogen and oxygen atoms in total. The summed E-state index contributed by atoms with van der Waals surface area (Å²) in [6, 6.07) is 15.2. The van der Waals surface area contributed by atoms with E-state index in [1.165, 1.54) is 11.3 Å². The molecule has 0 bridgehead atoms. The zero-order chi connectivity index (χ0) is 15.4. The van der Waals surface area contributed by atoms with E-state index in [1.807, 2.05) is 47.8 Å². The van der Waals surface area contributed by atoms with E-state index in [9.17, 15) is 5.26 Å². The molecule has 3 rings (SSSR count). The summed E-state index contributed by atoms with van der Waals surface area (Å²) in [4.78, 5) is 8.73. The molecule has 0 saturated carbocycles. The van der Waals surface area contributed by atoms with Gasteiger partial charge in [-0.3, -0.25) is 4.98 Å². The largest absolute Gasteiger partial charge is 0.257 e. The molecule has 2 heterocycles. The number of nitriles is 1. The molecular formula is C17H10ClN3S. The number of rotatable bonds is 3. The van der Waals surface area contributed by atoms with Crippen LogP contribution in [0.3, 0.4) is 0 Å². The van der Waals surface area contributed by atoms with Crippen LogP contribution in [0.4, 0.5) is 0 Å². The average molecular weight is 324 g/mol. The minimum atomic E-state index is 0.496. The zero-order valence-corrected chi connectivity index (χ0v) is 13.0. The van der Waals surface area contributed by atoms with Crippen molar-refractivity contribution in [3.63, 3.8) is 0 Å². The second kappa shape index (κ2) is 6.52. The van der Waals surface area contributed by atoms with Gasteiger partial charge in [0.2, 0.25) is 0 Å². The number of halogens is 1. The number of pyridine rings is 1. The van der Waals surface area contributed by atoms with Crippen LogP contribution in [0.25, 0.3) is 22.2 Å². The van der Waals surface area contributed by atoms with Gasteiger partial charge in [-0.2, -0.15) is 5.26 Å². The van der Waals surface area contributed by atoms with E-state index >= 15 is 0 Å². The molecule has 0 atom stereocenters. The third-order valence-electron chi connectivity index (χ3n) is 2.97. The Morgan fingerprint density at radius 3 is 2.68 bits per heavy atom. The summed E-state index contributed by atoms with van der Waals surface area (Å²) in [7, 11) is 0. The van der Waals surface area contributed by atoms with E-state index in [2.05, 4.69) is 16.0 Å². The highest BCUT2D eigenvalue weighted by atomic mass is 35.5. The molecule has 0 unspecified atom stereocenters. The molecule has 0 saturated heterocycles. The summed E-state index contributed by atoms with van der Waals surface area (Å²) in [5, 5.41) is 12.8. The van der Waals surface area contributed by atoms with Crippen LogP contribution in [0.15, 0.2) is 54.0 Å². The van der Waals surface area contributed by atoms with E-state index < -0.39 is 0 Å². The molecule has 22 heavy (non-hydrogen) atoms. The number of nitrogens with zero attached hydrogens (tertiary/aromatic N) is 3. The van der Waals surface area contributed by atoms with Crippen LogP contribution >= 0.6 is 22.9 Å². The molecule has 0 aliphatic heterocycles. The summed E-state index contributed by atoms with van der Waals surface area (Å²) < 4.78 is 0. The maximum Gasteiger partial charge on any atom is 0.124 e. The van der Waals surface area contributed by atoms with Crippen LogP contribution in [0.1, 0.15) is 11.4 Å². The molecule has 0 N–H and O–H groups in total. The Morgan fingerprint density at radius 1 is 1.18 bits per heavy atom. The summed E-state index contributed by atoms with van der Waals surface area (Å²) in [6.07, 6.45) is 3.43. The Hall–Kier alpha value is -2.48. The van der Waals surface area contributed by atoms with E-state index in [-0.39, 0.29) is 0 Å². The molecule has 5 heteroatoms. The van der Waals surface area contributed by atoms with Crippen LogP contribution < -0.4 is 0 Å². The highest BCUT2D eigenvalue weighted by Gasteiger charge is 2.09. The van der Waals surface area contributed by atoms with Crippen molar-refractivity contribution in [3.8, 4) is 16.6 Å². The number of benzene rings is 1. The van der Waals surface area contributed by atoms with Crippen LogP contribution in [-0.2, 0) is 0 Å². The number of thiazole rings is 1. The molecule has 0 amide bonds. The molecule has 2 aromatic heterocycles. The van der Waals surface area contributed by atoms with Gasteiger partial charge >= 0.3 is 0 Å². The maximum atomic E-state index is 9.36. The molecule has 1 aromatic carbocycles. The first-order chi connectivity index (χ1) is 10.8. The van der Waals surface area contributed by atoms with Crippen molar-refractivity contribution >= 4 is 34.6 Å². The average Bonchev–Trinajstić information content (AvgIpc) is 3.04. The lowest BCUT2D eigenvalue weighted by molar-refractivity contribution is 1.29. The summed E-state index contributed by atoms with van der Waals surface area (Å²) >= 11 is 7.39. The Bertz CT molecular complexity index is 846. The van der Waals surface area contributed by atoms with Gasteiger partial charge in [-0.25, -0.2) is 4.98 Å². The quantitative estimate of drug-likeness (QED) is 0.642.